The second-order valence-electron chi connectivity index (χ2n) is 13.5. The number of hydrogen-bond acceptors (Lipinski definition) is 16. The van der Waals surface area contributed by atoms with E-state index in [9.17, 15) is 62.6 Å². The zero-order chi connectivity index (χ0) is 47.0. The maximum atomic E-state index is 13.4. The average Bonchev–Trinajstić information content (AvgIpc) is 3.16. The van der Waals surface area contributed by atoms with Crippen molar-refractivity contribution in [2.24, 2.45) is 28.7 Å². The Bertz CT molecular complexity index is 1620. The molecule has 0 unspecified atom stereocenters. The molecule has 0 aromatic carbocycles. The van der Waals surface area contributed by atoms with Crippen LogP contribution in [0.5, 0.6) is 0 Å². The van der Waals surface area contributed by atoms with Gasteiger partial charge in [0.15, 0.2) is 0 Å². The van der Waals surface area contributed by atoms with Crippen LogP contribution in [0.4, 0.5) is 0 Å². The van der Waals surface area contributed by atoms with Crippen LogP contribution in [0.2, 0.25) is 0 Å². The highest BCUT2D eigenvalue weighted by atomic mass is 32.1. The molecule has 28 heteroatoms. The standard InChI is InChI=1S/C33H57N13O13S2/c1-14(47)26(33(59)44-19(10-24(37)51)31(57)45-20(12-60)27(38)53)46-30(56)17(6-7-22(35)49)41-25(52)11-39-28(54)18(9-23(36)50)43-29(55)16(5-3-4-8-34)42-32(58)21(13-61)40-15(2)48/h14,16-21,26,47,60-61H,3-13,34H2,1-2H3,(H2,35,49)(H2,36,50)(H2,37,51)(H2,38,53)(H,39,54)(H,40,48)(H,41,52)(H,42,58)(H,43,55)(H,44,59)(H,45,57)(H,46,56)/t14-,16+,17+,18+,19+,20+,21+,26+/m1/s1. The summed E-state index contributed by atoms with van der Waals surface area (Å²) in [5, 5.41) is 28.3. The summed E-state index contributed by atoms with van der Waals surface area (Å²) in [6.07, 6.45) is -3.45. The number of amides is 12. The fourth-order valence-electron chi connectivity index (χ4n) is 5.06. The van der Waals surface area contributed by atoms with Crippen molar-refractivity contribution in [2.45, 2.75) is 107 Å². The first-order valence-corrected chi connectivity index (χ1v) is 19.8. The van der Waals surface area contributed by atoms with Crippen LogP contribution >= 0.6 is 25.3 Å². The number of carbonyl (C=O) groups excluding carboxylic acids is 12. The molecule has 0 bridgehead atoms. The molecule has 8 atom stereocenters. The van der Waals surface area contributed by atoms with E-state index < -0.39 is 152 Å². The van der Waals surface area contributed by atoms with Crippen molar-refractivity contribution in [2.75, 3.05) is 24.6 Å². The van der Waals surface area contributed by atoms with Crippen LogP contribution < -0.4 is 71.2 Å². The van der Waals surface area contributed by atoms with Crippen LogP contribution in [0.1, 0.15) is 58.8 Å². The van der Waals surface area contributed by atoms with Crippen molar-refractivity contribution in [1.29, 1.82) is 0 Å². The van der Waals surface area contributed by atoms with Gasteiger partial charge in [0.05, 0.1) is 25.5 Å². The first-order valence-electron chi connectivity index (χ1n) is 18.6. The number of rotatable bonds is 30. The van der Waals surface area contributed by atoms with E-state index in [4.69, 9.17) is 28.7 Å². The minimum Gasteiger partial charge on any atom is -0.391 e. The Kier molecular flexibility index (Phi) is 26.0. The van der Waals surface area contributed by atoms with Gasteiger partial charge < -0.3 is 76.3 Å². The van der Waals surface area contributed by atoms with Crippen molar-refractivity contribution in [3.8, 4) is 0 Å². The van der Waals surface area contributed by atoms with E-state index in [0.717, 1.165) is 6.92 Å². The molecule has 26 nitrogen and oxygen atoms in total. The van der Waals surface area contributed by atoms with Gasteiger partial charge in [-0.2, -0.15) is 25.3 Å². The molecule has 0 saturated heterocycles. The topological polar surface area (TPSA) is 451 Å². The molecule has 0 fully saturated rings. The van der Waals surface area contributed by atoms with Gasteiger partial charge in [0, 0.05) is 24.9 Å². The molecule has 0 heterocycles. The van der Waals surface area contributed by atoms with E-state index in [-0.39, 0.29) is 24.5 Å². The summed E-state index contributed by atoms with van der Waals surface area (Å²) in [5.41, 5.74) is 26.4. The third kappa shape index (κ3) is 22.4. The van der Waals surface area contributed by atoms with Gasteiger partial charge >= 0.3 is 0 Å². The van der Waals surface area contributed by atoms with Crippen molar-refractivity contribution >= 4 is 96.1 Å². The Morgan fingerprint density at radius 2 is 1.00 bits per heavy atom. The van der Waals surface area contributed by atoms with E-state index >= 15 is 0 Å². The quantitative estimate of drug-likeness (QED) is 0.0235. The zero-order valence-electron chi connectivity index (χ0n) is 33.5. The van der Waals surface area contributed by atoms with Crippen LogP contribution in [0.15, 0.2) is 0 Å². The van der Waals surface area contributed by atoms with E-state index in [1.54, 1.807) is 0 Å². The molecule has 0 aliphatic heterocycles. The lowest BCUT2D eigenvalue weighted by atomic mass is 10.1. The minimum atomic E-state index is -1.88. The fourth-order valence-corrected chi connectivity index (χ4v) is 5.59. The van der Waals surface area contributed by atoms with Gasteiger partial charge in [-0.25, -0.2) is 0 Å². The molecule has 0 aromatic rings. The van der Waals surface area contributed by atoms with Gasteiger partial charge in [-0.15, -0.1) is 0 Å². The fraction of sp³-hybridized carbons (Fsp3) is 0.636. The molecule has 0 rings (SSSR count). The molecule has 0 aliphatic carbocycles. The number of carbonyl (C=O) groups is 12. The Labute approximate surface area is 361 Å². The number of aliphatic hydroxyl groups is 1. The van der Waals surface area contributed by atoms with Crippen molar-refractivity contribution in [1.82, 2.24) is 42.5 Å². The number of nitrogens with two attached hydrogens (primary N) is 5. The summed E-state index contributed by atoms with van der Waals surface area (Å²) in [5.74, 6) is -12.4. The lowest BCUT2D eigenvalue weighted by Gasteiger charge is -2.27. The summed E-state index contributed by atoms with van der Waals surface area (Å²) in [7, 11) is 0. The Hall–Kier alpha value is -5.74. The minimum absolute atomic E-state index is 0.0187. The van der Waals surface area contributed by atoms with Gasteiger partial charge in [-0.05, 0) is 39.2 Å². The molecule has 0 aromatic heterocycles. The van der Waals surface area contributed by atoms with Crippen molar-refractivity contribution in [3.05, 3.63) is 0 Å². The SMILES string of the molecule is CC(=O)N[C@@H](CS)C(=O)N[C@@H](CCCCN)C(=O)N[C@@H](CC(N)=O)C(=O)NCC(=O)N[C@@H](CCC(N)=O)C(=O)N[C@H](C(=O)N[C@@H](CC(N)=O)C(=O)N[C@@H](CS)C(N)=O)[C@@H](C)O. The lowest BCUT2D eigenvalue weighted by Crippen LogP contribution is -2.61. The van der Waals surface area contributed by atoms with Crippen LogP contribution in [0, 0.1) is 0 Å². The molecule has 0 radical (unpaired) electrons. The summed E-state index contributed by atoms with van der Waals surface area (Å²) >= 11 is 7.93. The predicted octanol–water partition coefficient (Wildman–Crippen LogP) is -8.61. The zero-order valence-corrected chi connectivity index (χ0v) is 35.3. The third-order valence-corrected chi connectivity index (χ3v) is 8.92. The number of nitrogens with one attached hydrogen (secondary N) is 8. The maximum absolute atomic E-state index is 13.4. The van der Waals surface area contributed by atoms with Gasteiger partial charge in [-0.3, -0.25) is 57.5 Å². The number of aliphatic hydroxyl groups excluding tert-OH is 1. The third-order valence-electron chi connectivity index (χ3n) is 8.19. The molecule has 61 heavy (non-hydrogen) atoms. The van der Waals surface area contributed by atoms with Crippen molar-refractivity contribution in [3.63, 3.8) is 0 Å². The predicted molar refractivity (Wildman–Crippen MR) is 220 cm³/mol. The van der Waals surface area contributed by atoms with Gasteiger partial charge in [0.2, 0.25) is 70.9 Å². The van der Waals surface area contributed by atoms with Gasteiger partial charge in [0.25, 0.3) is 0 Å². The first-order chi connectivity index (χ1) is 28.5. The molecule has 344 valence electrons. The Morgan fingerprint density at radius 1 is 0.541 bits per heavy atom. The average molecular weight is 908 g/mol. The summed E-state index contributed by atoms with van der Waals surface area (Å²) in [6, 6.07) is -10.7. The molecular weight excluding hydrogens is 851 g/mol. The Balaban J connectivity index is 6.07. The molecule has 12 amide bonds. The highest BCUT2D eigenvalue weighted by molar-refractivity contribution is 7.80. The number of unbranched alkanes of at least 4 members (excludes halogenated alkanes) is 1. The van der Waals surface area contributed by atoms with Crippen LogP contribution in [-0.2, 0) is 57.5 Å². The first kappa shape index (κ1) is 55.3. The molecule has 0 aliphatic rings. The summed E-state index contributed by atoms with van der Waals surface area (Å²) in [6.45, 7) is 1.57. The lowest BCUT2D eigenvalue weighted by molar-refractivity contribution is -0.137. The monoisotopic (exact) mass is 907 g/mol. The molecular formula is C33H57N13O13S2. The normalized spacial score (nSPS) is 14.7. The van der Waals surface area contributed by atoms with Gasteiger partial charge in [-0.1, -0.05) is 0 Å². The smallest absolute Gasteiger partial charge is 0.245 e. The van der Waals surface area contributed by atoms with E-state index in [2.05, 4.69) is 67.8 Å². The van der Waals surface area contributed by atoms with Crippen LogP contribution in [0.25, 0.3) is 0 Å². The summed E-state index contributed by atoms with van der Waals surface area (Å²) < 4.78 is 0. The van der Waals surface area contributed by atoms with Crippen LogP contribution in [0.3, 0.4) is 0 Å². The molecule has 0 saturated carbocycles. The van der Waals surface area contributed by atoms with E-state index in [1.165, 1.54) is 6.92 Å². The second kappa shape index (κ2) is 28.7. The second-order valence-corrected chi connectivity index (χ2v) is 14.2. The number of thiol groups is 2. The van der Waals surface area contributed by atoms with E-state index in [1.807, 2.05) is 0 Å². The van der Waals surface area contributed by atoms with Gasteiger partial charge in [0.1, 0.15) is 42.3 Å². The van der Waals surface area contributed by atoms with Crippen molar-refractivity contribution < 1.29 is 62.6 Å². The molecule has 19 N–H and O–H groups in total. The van der Waals surface area contributed by atoms with E-state index in [0.29, 0.717) is 12.8 Å². The Morgan fingerprint density at radius 3 is 1.48 bits per heavy atom. The highest BCUT2D eigenvalue weighted by Crippen LogP contribution is 2.06. The summed E-state index contributed by atoms with van der Waals surface area (Å²) in [4.78, 5) is 150. The number of primary amides is 4. The highest BCUT2D eigenvalue weighted by Gasteiger charge is 2.35. The van der Waals surface area contributed by atoms with Crippen LogP contribution in [-0.4, -0.2) is 149 Å². The molecule has 0 spiro atoms. The number of hydrogen-bond donors (Lipinski definition) is 16. The largest absolute Gasteiger partial charge is 0.391 e. The maximum Gasteiger partial charge on any atom is 0.245 e.